The van der Waals surface area contributed by atoms with Gasteiger partial charge < -0.3 is 15.6 Å². The molecule has 0 bridgehead atoms. The van der Waals surface area contributed by atoms with E-state index in [1.54, 1.807) is 12.1 Å². The van der Waals surface area contributed by atoms with E-state index >= 15 is 0 Å². The molecule has 0 aliphatic rings. The number of nitrogens with zero attached hydrogens (tertiary/aromatic N) is 2. The first-order valence-electron chi connectivity index (χ1n) is 6.53. The Morgan fingerprint density at radius 2 is 2.00 bits per heavy atom. The highest BCUT2D eigenvalue weighted by Crippen LogP contribution is 2.23. The molecule has 6 heteroatoms. The van der Waals surface area contributed by atoms with E-state index in [2.05, 4.69) is 15.7 Å². The van der Waals surface area contributed by atoms with E-state index in [0.717, 1.165) is 16.9 Å². The maximum Gasteiger partial charge on any atom is 0.255 e. The second kappa shape index (κ2) is 6.23. The third-order valence-corrected chi connectivity index (χ3v) is 3.12. The van der Waals surface area contributed by atoms with Gasteiger partial charge in [0.05, 0.1) is 0 Å². The molecule has 0 saturated heterocycles. The molecule has 4 N–H and O–H groups in total. The van der Waals surface area contributed by atoms with Crippen molar-refractivity contribution >= 4 is 23.1 Å². The third-order valence-electron chi connectivity index (χ3n) is 3.12. The van der Waals surface area contributed by atoms with Crippen molar-refractivity contribution in [2.75, 3.05) is 29.7 Å². The van der Waals surface area contributed by atoms with E-state index in [9.17, 15) is 4.79 Å². The summed E-state index contributed by atoms with van der Waals surface area (Å²) >= 11 is 0. The number of pyridine rings is 1. The number of carbonyl (C=O) groups excluding carboxylic acids is 1. The maximum atomic E-state index is 12.2. The van der Waals surface area contributed by atoms with E-state index in [-0.39, 0.29) is 5.91 Å². The van der Waals surface area contributed by atoms with Crippen molar-refractivity contribution in [2.24, 2.45) is 5.84 Å². The number of benzene rings is 1. The number of hydrazine groups is 1. The molecule has 1 aromatic heterocycles. The Kier molecular flexibility index (Phi) is 4.39. The molecule has 0 aliphatic heterocycles. The third kappa shape index (κ3) is 3.49. The van der Waals surface area contributed by atoms with Crippen LogP contribution in [0.25, 0.3) is 0 Å². The fourth-order valence-corrected chi connectivity index (χ4v) is 2.02. The molecule has 110 valence electrons. The largest absolute Gasteiger partial charge is 0.377 e. The van der Waals surface area contributed by atoms with Crippen LogP contribution in [0, 0.1) is 6.92 Å². The lowest BCUT2D eigenvalue weighted by atomic mass is 10.1. The Balaban J connectivity index is 2.21. The number of hydrogen-bond donors (Lipinski definition) is 3. The molecular formula is C15H19N5O. The molecule has 6 nitrogen and oxygen atoms in total. The number of rotatable bonds is 4. The van der Waals surface area contributed by atoms with E-state index in [1.165, 1.54) is 6.20 Å². The summed E-state index contributed by atoms with van der Waals surface area (Å²) in [6.45, 7) is 2.03. The van der Waals surface area contributed by atoms with E-state index < -0.39 is 0 Å². The number of anilines is 3. The standard InChI is InChI=1S/C15H19N5O/c1-10-4-5-12(9-13(10)20(2)3)18-15(21)11-6-7-17-14(8-11)19-16/h4-9H,16H2,1-3H3,(H,17,19)(H,18,21). The van der Waals surface area contributed by atoms with Crippen LogP contribution < -0.4 is 21.5 Å². The molecule has 21 heavy (non-hydrogen) atoms. The molecule has 0 unspecified atom stereocenters. The maximum absolute atomic E-state index is 12.2. The van der Waals surface area contributed by atoms with Crippen molar-refractivity contribution < 1.29 is 4.79 Å². The second-order valence-electron chi connectivity index (χ2n) is 4.92. The van der Waals surface area contributed by atoms with E-state index in [4.69, 9.17) is 5.84 Å². The number of aryl methyl sites for hydroxylation is 1. The van der Waals surface area contributed by atoms with Crippen molar-refractivity contribution in [3.63, 3.8) is 0 Å². The molecule has 0 fully saturated rings. The first-order chi connectivity index (χ1) is 10.0. The zero-order valence-electron chi connectivity index (χ0n) is 12.3. The second-order valence-corrected chi connectivity index (χ2v) is 4.92. The monoisotopic (exact) mass is 285 g/mol. The Labute approximate surface area is 123 Å². The van der Waals surface area contributed by atoms with Gasteiger partial charge in [0.15, 0.2) is 0 Å². The molecular weight excluding hydrogens is 266 g/mol. The summed E-state index contributed by atoms with van der Waals surface area (Å²) in [5, 5.41) is 2.87. The predicted octanol–water partition coefficient (Wildman–Crippen LogP) is 1.99. The quantitative estimate of drug-likeness (QED) is 0.591. The molecule has 1 heterocycles. The molecule has 1 aromatic carbocycles. The topological polar surface area (TPSA) is 83.3 Å². The number of amides is 1. The summed E-state index contributed by atoms with van der Waals surface area (Å²) in [7, 11) is 3.94. The Hall–Kier alpha value is -2.60. The van der Waals surface area contributed by atoms with Crippen LogP contribution in [0.4, 0.5) is 17.2 Å². The number of carbonyl (C=O) groups is 1. The summed E-state index contributed by atoms with van der Waals surface area (Å²) in [4.78, 5) is 18.2. The average molecular weight is 285 g/mol. The number of nitrogens with one attached hydrogen (secondary N) is 2. The van der Waals surface area contributed by atoms with Crippen molar-refractivity contribution in [2.45, 2.75) is 6.92 Å². The lowest BCUT2D eigenvalue weighted by molar-refractivity contribution is 0.102. The van der Waals surface area contributed by atoms with Crippen LogP contribution in [0.1, 0.15) is 15.9 Å². The smallest absolute Gasteiger partial charge is 0.255 e. The molecule has 1 amide bonds. The fourth-order valence-electron chi connectivity index (χ4n) is 2.02. The van der Waals surface area contributed by atoms with Gasteiger partial charge >= 0.3 is 0 Å². The number of nitrogen functional groups attached to an aromatic ring is 1. The Morgan fingerprint density at radius 1 is 1.24 bits per heavy atom. The van der Waals surface area contributed by atoms with Gasteiger partial charge in [0.1, 0.15) is 5.82 Å². The molecule has 2 rings (SSSR count). The van der Waals surface area contributed by atoms with Gasteiger partial charge in [0, 0.05) is 37.2 Å². The SMILES string of the molecule is Cc1ccc(NC(=O)c2ccnc(NN)c2)cc1N(C)C. The van der Waals surface area contributed by atoms with Gasteiger partial charge in [-0.15, -0.1) is 0 Å². The lowest BCUT2D eigenvalue weighted by Crippen LogP contribution is -2.15. The molecule has 0 spiro atoms. The van der Waals surface area contributed by atoms with Crippen LogP contribution in [-0.2, 0) is 0 Å². The highest BCUT2D eigenvalue weighted by atomic mass is 16.1. The summed E-state index contributed by atoms with van der Waals surface area (Å²) < 4.78 is 0. The van der Waals surface area contributed by atoms with Gasteiger partial charge in [0.2, 0.25) is 0 Å². The van der Waals surface area contributed by atoms with Crippen molar-refractivity contribution in [1.29, 1.82) is 0 Å². The van der Waals surface area contributed by atoms with Crippen LogP contribution in [0.2, 0.25) is 0 Å². The van der Waals surface area contributed by atoms with E-state index in [0.29, 0.717) is 11.4 Å². The van der Waals surface area contributed by atoms with Gasteiger partial charge in [-0.25, -0.2) is 10.8 Å². The predicted molar refractivity (Wildman–Crippen MR) is 85.5 cm³/mol. The highest BCUT2D eigenvalue weighted by molar-refractivity contribution is 6.04. The lowest BCUT2D eigenvalue weighted by Gasteiger charge is -2.17. The first-order valence-corrected chi connectivity index (χ1v) is 6.53. The summed E-state index contributed by atoms with van der Waals surface area (Å²) in [5.74, 6) is 5.53. The number of hydrogen-bond acceptors (Lipinski definition) is 5. The van der Waals surface area contributed by atoms with Gasteiger partial charge in [0.25, 0.3) is 5.91 Å². The minimum Gasteiger partial charge on any atom is -0.377 e. The van der Waals surface area contributed by atoms with Crippen LogP contribution in [0.3, 0.4) is 0 Å². The normalized spacial score (nSPS) is 10.1. The summed E-state index contributed by atoms with van der Waals surface area (Å²) in [6.07, 6.45) is 1.53. The minimum absolute atomic E-state index is 0.206. The Bertz CT molecular complexity index is 654. The average Bonchev–Trinajstić information content (AvgIpc) is 2.49. The molecule has 0 atom stereocenters. The number of nitrogens with two attached hydrogens (primary N) is 1. The molecule has 0 aliphatic carbocycles. The zero-order chi connectivity index (χ0) is 15.4. The zero-order valence-corrected chi connectivity index (χ0v) is 12.3. The molecule has 0 radical (unpaired) electrons. The van der Waals surface area contributed by atoms with Crippen molar-refractivity contribution in [3.05, 3.63) is 47.7 Å². The van der Waals surface area contributed by atoms with Gasteiger partial charge in [-0.3, -0.25) is 4.79 Å². The number of aromatic nitrogens is 1. The van der Waals surface area contributed by atoms with E-state index in [1.807, 2.05) is 44.1 Å². The van der Waals surface area contributed by atoms with Crippen LogP contribution in [-0.4, -0.2) is 25.0 Å². The van der Waals surface area contributed by atoms with Gasteiger partial charge in [-0.05, 0) is 36.8 Å². The van der Waals surface area contributed by atoms with Crippen LogP contribution in [0.15, 0.2) is 36.5 Å². The van der Waals surface area contributed by atoms with Crippen molar-refractivity contribution in [3.8, 4) is 0 Å². The minimum atomic E-state index is -0.206. The summed E-state index contributed by atoms with van der Waals surface area (Å²) in [5.41, 5.74) is 5.87. The highest BCUT2D eigenvalue weighted by Gasteiger charge is 2.09. The molecule has 2 aromatic rings. The van der Waals surface area contributed by atoms with Crippen molar-refractivity contribution in [1.82, 2.24) is 4.98 Å². The van der Waals surface area contributed by atoms with Crippen LogP contribution in [0.5, 0.6) is 0 Å². The van der Waals surface area contributed by atoms with Gasteiger partial charge in [-0.1, -0.05) is 6.07 Å². The first kappa shape index (κ1) is 14.8. The Morgan fingerprint density at radius 3 is 2.67 bits per heavy atom. The molecule has 0 saturated carbocycles. The van der Waals surface area contributed by atoms with Gasteiger partial charge in [-0.2, -0.15) is 0 Å². The summed E-state index contributed by atoms with van der Waals surface area (Å²) in [6, 6.07) is 9.03. The fraction of sp³-hybridized carbons (Fsp3) is 0.200. The van der Waals surface area contributed by atoms with Crippen LogP contribution >= 0.6 is 0 Å².